The van der Waals surface area contributed by atoms with Crippen molar-refractivity contribution in [2.75, 3.05) is 5.32 Å². The van der Waals surface area contributed by atoms with E-state index < -0.39 is 5.54 Å². The zero-order valence-electron chi connectivity index (χ0n) is 16.3. The number of carbonyl (C=O) groups is 2. The Morgan fingerprint density at radius 2 is 1.96 bits per heavy atom. The number of rotatable bonds is 4. The zero-order chi connectivity index (χ0) is 19.9. The Bertz CT molecular complexity index is 927. The highest BCUT2D eigenvalue weighted by molar-refractivity contribution is 6.35. The van der Waals surface area contributed by atoms with Gasteiger partial charge in [-0.25, -0.2) is 4.79 Å². The summed E-state index contributed by atoms with van der Waals surface area (Å²) in [7, 11) is 0. The average molecular weight is 404 g/mol. The van der Waals surface area contributed by atoms with Crippen LogP contribution < -0.4 is 16.0 Å². The minimum atomic E-state index is -0.500. The Kier molecular flexibility index (Phi) is 5.00. The molecule has 3 N–H and O–H groups in total. The number of hydrogen-bond acceptors (Lipinski definition) is 3. The summed E-state index contributed by atoms with van der Waals surface area (Å²) in [6, 6.07) is 3.37. The molecule has 1 saturated carbocycles. The second-order valence-corrected chi connectivity index (χ2v) is 8.25. The number of hydrogen-bond donors (Lipinski definition) is 3. The smallest absolute Gasteiger partial charge is 0.319 e. The van der Waals surface area contributed by atoms with E-state index in [0.717, 1.165) is 55.9 Å². The number of benzene rings is 1. The van der Waals surface area contributed by atoms with Crippen LogP contribution in [0.4, 0.5) is 10.5 Å². The van der Waals surface area contributed by atoms with Crippen LogP contribution in [-0.4, -0.2) is 18.0 Å². The Labute approximate surface area is 169 Å². The van der Waals surface area contributed by atoms with Crippen LogP contribution in [-0.2, 0) is 5.54 Å². The van der Waals surface area contributed by atoms with Gasteiger partial charge in [0.05, 0.1) is 16.2 Å². The Morgan fingerprint density at radius 1 is 1.25 bits per heavy atom. The van der Waals surface area contributed by atoms with Gasteiger partial charge in [0, 0.05) is 17.0 Å². The van der Waals surface area contributed by atoms with Crippen molar-refractivity contribution in [1.82, 2.24) is 10.6 Å². The van der Waals surface area contributed by atoms with E-state index in [2.05, 4.69) is 16.0 Å². The molecule has 150 valence electrons. The SMILES string of the molecule is CCC(CC)NC(=O)c1cc2cc(Cl)c3c(c2o1)C1(CCCCC1)NC(=O)N3. The van der Waals surface area contributed by atoms with Crippen LogP contribution in [0.25, 0.3) is 11.0 Å². The van der Waals surface area contributed by atoms with Gasteiger partial charge in [-0.3, -0.25) is 4.79 Å². The van der Waals surface area contributed by atoms with E-state index in [0.29, 0.717) is 16.3 Å². The van der Waals surface area contributed by atoms with E-state index >= 15 is 0 Å². The summed E-state index contributed by atoms with van der Waals surface area (Å²) in [5.74, 6) is 0.0505. The predicted octanol–water partition coefficient (Wildman–Crippen LogP) is 5.30. The van der Waals surface area contributed by atoms with Gasteiger partial charge in [0.15, 0.2) is 5.76 Å². The fraction of sp³-hybridized carbons (Fsp3) is 0.524. The van der Waals surface area contributed by atoms with Gasteiger partial charge in [0.25, 0.3) is 5.91 Å². The molecule has 1 aliphatic carbocycles. The van der Waals surface area contributed by atoms with Crippen molar-refractivity contribution in [3.63, 3.8) is 0 Å². The molecule has 4 rings (SSSR count). The third-order valence-corrected chi connectivity index (χ3v) is 6.38. The maximum atomic E-state index is 12.7. The van der Waals surface area contributed by atoms with Crippen molar-refractivity contribution >= 4 is 40.2 Å². The molecule has 0 atom stereocenters. The van der Waals surface area contributed by atoms with Gasteiger partial charge < -0.3 is 20.4 Å². The summed E-state index contributed by atoms with van der Waals surface area (Å²) in [5, 5.41) is 10.2. The third-order valence-electron chi connectivity index (χ3n) is 6.08. The lowest BCUT2D eigenvalue weighted by Gasteiger charge is -2.42. The third kappa shape index (κ3) is 3.13. The topological polar surface area (TPSA) is 83.4 Å². The van der Waals surface area contributed by atoms with Crippen LogP contribution in [0.5, 0.6) is 0 Å². The number of fused-ring (bicyclic) bond motifs is 4. The first-order chi connectivity index (χ1) is 13.5. The molecule has 1 aromatic heterocycles. The lowest BCUT2D eigenvalue weighted by Crippen LogP contribution is -2.52. The summed E-state index contributed by atoms with van der Waals surface area (Å²) in [4.78, 5) is 25.0. The van der Waals surface area contributed by atoms with E-state index in [4.69, 9.17) is 16.0 Å². The first kappa shape index (κ1) is 19.1. The van der Waals surface area contributed by atoms with Gasteiger partial charge in [-0.15, -0.1) is 0 Å². The molecule has 28 heavy (non-hydrogen) atoms. The second kappa shape index (κ2) is 7.32. The van der Waals surface area contributed by atoms with Crippen LogP contribution in [0.3, 0.4) is 0 Å². The number of urea groups is 1. The molecule has 1 fully saturated rings. The normalized spacial score (nSPS) is 18.1. The molecule has 7 heteroatoms. The molecule has 0 bridgehead atoms. The van der Waals surface area contributed by atoms with Crippen molar-refractivity contribution in [2.24, 2.45) is 0 Å². The number of halogens is 1. The maximum absolute atomic E-state index is 12.7. The highest BCUT2D eigenvalue weighted by Gasteiger charge is 2.43. The van der Waals surface area contributed by atoms with E-state index in [-0.39, 0.29) is 23.7 Å². The van der Waals surface area contributed by atoms with Gasteiger partial charge in [-0.2, -0.15) is 0 Å². The van der Waals surface area contributed by atoms with Gasteiger partial charge in [-0.05, 0) is 37.8 Å². The molecule has 1 aliphatic heterocycles. The molecule has 2 aliphatic rings. The van der Waals surface area contributed by atoms with E-state index in [9.17, 15) is 9.59 Å². The Morgan fingerprint density at radius 3 is 2.64 bits per heavy atom. The zero-order valence-corrected chi connectivity index (χ0v) is 17.0. The lowest BCUT2D eigenvalue weighted by atomic mass is 9.74. The molecule has 2 heterocycles. The average Bonchev–Trinajstić information content (AvgIpc) is 3.10. The van der Waals surface area contributed by atoms with Crippen LogP contribution in [0.2, 0.25) is 5.02 Å². The summed E-state index contributed by atoms with van der Waals surface area (Å²) in [6.45, 7) is 4.09. The fourth-order valence-electron chi connectivity index (χ4n) is 4.54. The fourth-order valence-corrected chi connectivity index (χ4v) is 4.80. The van der Waals surface area contributed by atoms with Crippen molar-refractivity contribution in [1.29, 1.82) is 0 Å². The van der Waals surface area contributed by atoms with Crippen molar-refractivity contribution in [3.05, 3.63) is 28.5 Å². The van der Waals surface area contributed by atoms with Gasteiger partial charge in [0.2, 0.25) is 0 Å². The number of carbonyl (C=O) groups excluding carboxylic acids is 2. The summed E-state index contributed by atoms with van der Waals surface area (Å²) in [5.41, 5.74) is 1.60. The standard InChI is InChI=1S/C21H26ClN3O3/c1-3-13(4-2)23-19(26)15-11-12-10-14(22)17-16(18(12)28-15)21(25-20(27)24-17)8-6-5-7-9-21/h10-11,13H,3-9H2,1-2H3,(H,23,26)(H2,24,25,27). The molecular weight excluding hydrogens is 378 g/mol. The summed E-state index contributed by atoms with van der Waals surface area (Å²) < 4.78 is 6.07. The molecule has 1 aromatic carbocycles. The van der Waals surface area contributed by atoms with E-state index in [1.165, 1.54) is 0 Å². The molecule has 6 nitrogen and oxygen atoms in total. The van der Waals surface area contributed by atoms with Gasteiger partial charge in [-0.1, -0.05) is 44.7 Å². The van der Waals surface area contributed by atoms with Crippen LogP contribution in [0, 0.1) is 0 Å². The number of amides is 3. The number of nitrogens with one attached hydrogen (secondary N) is 3. The quantitative estimate of drug-likeness (QED) is 0.647. The van der Waals surface area contributed by atoms with E-state index in [1.54, 1.807) is 12.1 Å². The minimum Gasteiger partial charge on any atom is -0.450 e. The first-order valence-corrected chi connectivity index (χ1v) is 10.5. The maximum Gasteiger partial charge on any atom is 0.319 e. The van der Waals surface area contributed by atoms with Gasteiger partial charge >= 0.3 is 6.03 Å². The van der Waals surface area contributed by atoms with E-state index in [1.807, 2.05) is 13.8 Å². The number of anilines is 1. The highest BCUT2D eigenvalue weighted by Crippen LogP contribution is 2.48. The lowest BCUT2D eigenvalue weighted by molar-refractivity contribution is 0.0908. The molecule has 1 spiro atoms. The summed E-state index contributed by atoms with van der Waals surface area (Å²) >= 11 is 6.52. The highest BCUT2D eigenvalue weighted by atomic mass is 35.5. The van der Waals surface area contributed by atoms with Crippen LogP contribution in [0.15, 0.2) is 16.5 Å². The minimum absolute atomic E-state index is 0.115. The summed E-state index contributed by atoms with van der Waals surface area (Å²) in [6.07, 6.45) is 6.58. The molecular formula is C21H26ClN3O3. The first-order valence-electron chi connectivity index (χ1n) is 10.1. The second-order valence-electron chi connectivity index (χ2n) is 7.85. The van der Waals surface area contributed by atoms with Crippen molar-refractivity contribution in [3.8, 4) is 0 Å². The number of furan rings is 1. The van der Waals surface area contributed by atoms with Crippen LogP contribution in [0.1, 0.15) is 74.9 Å². The van der Waals surface area contributed by atoms with Crippen molar-refractivity contribution in [2.45, 2.75) is 70.4 Å². The molecule has 0 radical (unpaired) electrons. The van der Waals surface area contributed by atoms with Crippen molar-refractivity contribution < 1.29 is 14.0 Å². The molecule has 0 unspecified atom stereocenters. The largest absolute Gasteiger partial charge is 0.450 e. The Balaban J connectivity index is 1.83. The Hall–Kier alpha value is -2.21. The van der Waals surface area contributed by atoms with Gasteiger partial charge in [0.1, 0.15) is 5.58 Å². The molecule has 0 saturated heterocycles. The molecule has 3 amide bonds. The molecule has 2 aromatic rings. The monoisotopic (exact) mass is 403 g/mol. The predicted molar refractivity (Wildman–Crippen MR) is 110 cm³/mol. The van der Waals surface area contributed by atoms with Crippen LogP contribution >= 0.6 is 11.6 Å².